The van der Waals surface area contributed by atoms with Crippen molar-refractivity contribution in [2.75, 3.05) is 21.0 Å². The summed E-state index contributed by atoms with van der Waals surface area (Å²) in [5.41, 5.74) is 2.45. The summed E-state index contributed by atoms with van der Waals surface area (Å²) in [5.74, 6) is 0.139. The first-order chi connectivity index (χ1) is 16.2. The SMILES string of the molecule is CC=C(C)C(=O)O[C@H]1c2cc3c(c(O)c2-c2c(cc(OC)c(OC)c2O)C[C@@H](C)[C@H]1C)OCO3. The highest BCUT2D eigenvalue weighted by Gasteiger charge is 2.39. The van der Waals surface area contributed by atoms with E-state index in [0.717, 1.165) is 5.56 Å². The average Bonchev–Trinajstić information content (AvgIpc) is 3.30. The van der Waals surface area contributed by atoms with Crippen molar-refractivity contribution in [3.05, 3.63) is 34.9 Å². The van der Waals surface area contributed by atoms with Gasteiger partial charge in [0.15, 0.2) is 23.0 Å². The number of carbonyl (C=O) groups excluding carboxylic acids is 1. The Labute approximate surface area is 198 Å². The van der Waals surface area contributed by atoms with E-state index in [1.165, 1.54) is 14.2 Å². The maximum Gasteiger partial charge on any atom is 0.333 e. The normalized spacial score (nSPS) is 21.1. The molecule has 182 valence electrons. The Balaban J connectivity index is 2.06. The Kier molecular flexibility index (Phi) is 6.25. The van der Waals surface area contributed by atoms with Gasteiger partial charge in [0.2, 0.25) is 18.3 Å². The fourth-order valence-electron chi connectivity index (χ4n) is 4.61. The summed E-state index contributed by atoms with van der Waals surface area (Å²) in [6.07, 6.45) is 1.51. The van der Waals surface area contributed by atoms with E-state index in [0.29, 0.717) is 40.2 Å². The third-order valence-corrected chi connectivity index (χ3v) is 6.86. The van der Waals surface area contributed by atoms with Crippen LogP contribution in [0.1, 0.15) is 44.9 Å². The average molecular weight is 471 g/mol. The molecular weight excluding hydrogens is 440 g/mol. The van der Waals surface area contributed by atoms with Gasteiger partial charge >= 0.3 is 5.97 Å². The minimum Gasteiger partial charge on any atom is -0.504 e. The molecule has 2 aliphatic rings. The van der Waals surface area contributed by atoms with Crippen LogP contribution < -0.4 is 18.9 Å². The summed E-state index contributed by atoms with van der Waals surface area (Å²) in [6.45, 7) is 7.47. The molecule has 2 N–H and O–H groups in total. The Morgan fingerprint density at radius 2 is 1.82 bits per heavy atom. The Hall–Kier alpha value is -3.55. The lowest BCUT2D eigenvalue weighted by Crippen LogP contribution is -2.26. The zero-order valence-corrected chi connectivity index (χ0v) is 20.2. The smallest absolute Gasteiger partial charge is 0.333 e. The molecule has 2 aromatic rings. The largest absolute Gasteiger partial charge is 0.504 e. The van der Waals surface area contributed by atoms with Crippen LogP contribution in [0.4, 0.5) is 0 Å². The molecule has 0 amide bonds. The molecular formula is C26H30O8. The van der Waals surface area contributed by atoms with E-state index in [1.807, 2.05) is 6.92 Å². The van der Waals surface area contributed by atoms with E-state index in [1.54, 1.807) is 32.1 Å². The first-order valence-electron chi connectivity index (χ1n) is 11.2. The van der Waals surface area contributed by atoms with Gasteiger partial charge in [0.25, 0.3) is 0 Å². The van der Waals surface area contributed by atoms with Crippen molar-refractivity contribution in [1.29, 1.82) is 0 Å². The lowest BCUT2D eigenvalue weighted by Gasteiger charge is -2.34. The molecule has 0 spiro atoms. The summed E-state index contributed by atoms with van der Waals surface area (Å²) in [5, 5.41) is 22.7. The van der Waals surface area contributed by atoms with E-state index in [-0.39, 0.29) is 41.6 Å². The van der Waals surface area contributed by atoms with E-state index >= 15 is 0 Å². The molecule has 1 aliphatic heterocycles. The number of phenolic OH excluding ortho intramolecular Hbond substituents is 2. The van der Waals surface area contributed by atoms with Crippen LogP contribution in [0.2, 0.25) is 0 Å². The number of phenols is 2. The van der Waals surface area contributed by atoms with Gasteiger partial charge in [0.1, 0.15) is 6.10 Å². The van der Waals surface area contributed by atoms with Crippen molar-refractivity contribution in [2.45, 2.75) is 40.2 Å². The zero-order chi connectivity index (χ0) is 24.7. The summed E-state index contributed by atoms with van der Waals surface area (Å²) < 4.78 is 28.0. The van der Waals surface area contributed by atoms with Gasteiger partial charge in [-0.3, -0.25) is 0 Å². The van der Waals surface area contributed by atoms with Gasteiger partial charge in [-0.15, -0.1) is 0 Å². The molecule has 2 aromatic carbocycles. The van der Waals surface area contributed by atoms with Crippen LogP contribution in [0.15, 0.2) is 23.8 Å². The predicted molar refractivity (Wildman–Crippen MR) is 125 cm³/mol. The summed E-state index contributed by atoms with van der Waals surface area (Å²) in [6, 6.07) is 3.52. The first kappa shape index (κ1) is 23.6. The van der Waals surface area contributed by atoms with Gasteiger partial charge < -0.3 is 33.9 Å². The van der Waals surface area contributed by atoms with Gasteiger partial charge in [-0.05, 0) is 43.9 Å². The van der Waals surface area contributed by atoms with E-state index in [4.69, 9.17) is 23.7 Å². The molecule has 0 saturated carbocycles. The standard InChI is InChI=1S/C26H30O8/c1-7-12(2)26(29)34-23-14(4)13(3)8-15-9-17(30-5)24(31-6)21(27)19(15)20-16(23)10-18-25(22(20)28)33-11-32-18/h7,9-10,13-14,23,27-28H,8,11H2,1-6H3/t13-,14-,23-/m1/s1. The number of benzene rings is 2. The van der Waals surface area contributed by atoms with Crippen molar-refractivity contribution in [3.8, 4) is 45.6 Å². The summed E-state index contributed by atoms with van der Waals surface area (Å²) in [7, 11) is 2.93. The van der Waals surface area contributed by atoms with Gasteiger partial charge in [0.05, 0.1) is 14.2 Å². The molecule has 1 heterocycles. The van der Waals surface area contributed by atoms with Crippen LogP contribution in [-0.2, 0) is 16.0 Å². The van der Waals surface area contributed by atoms with Crippen molar-refractivity contribution < 1.29 is 38.7 Å². The molecule has 8 nitrogen and oxygen atoms in total. The monoisotopic (exact) mass is 470 g/mol. The van der Waals surface area contributed by atoms with Gasteiger partial charge in [-0.2, -0.15) is 0 Å². The third-order valence-electron chi connectivity index (χ3n) is 6.86. The highest BCUT2D eigenvalue weighted by molar-refractivity contribution is 5.90. The fraction of sp³-hybridized carbons (Fsp3) is 0.423. The first-order valence-corrected chi connectivity index (χ1v) is 11.2. The van der Waals surface area contributed by atoms with Crippen LogP contribution >= 0.6 is 0 Å². The van der Waals surface area contributed by atoms with E-state index in [2.05, 4.69) is 6.92 Å². The third kappa shape index (κ3) is 3.67. The van der Waals surface area contributed by atoms with Crippen LogP contribution in [-0.4, -0.2) is 37.2 Å². The zero-order valence-electron chi connectivity index (χ0n) is 20.2. The molecule has 0 bridgehead atoms. The topological polar surface area (TPSA) is 104 Å². The van der Waals surface area contributed by atoms with Crippen molar-refractivity contribution in [2.24, 2.45) is 11.8 Å². The van der Waals surface area contributed by atoms with Crippen LogP contribution in [0, 0.1) is 11.8 Å². The Morgan fingerprint density at radius 1 is 1.09 bits per heavy atom. The molecule has 0 fully saturated rings. The number of fused-ring (bicyclic) bond motifs is 4. The van der Waals surface area contributed by atoms with Gasteiger partial charge in [0, 0.05) is 28.2 Å². The molecule has 3 atom stereocenters. The number of rotatable bonds is 4. The number of aromatic hydroxyl groups is 2. The number of esters is 1. The second kappa shape index (κ2) is 9.00. The van der Waals surface area contributed by atoms with Gasteiger partial charge in [-0.1, -0.05) is 19.9 Å². The maximum atomic E-state index is 12.8. The minimum absolute atomic E-state index is 0.0423. The van der Waals surface area contributed by atoms with Gasteiger partial charge in [-0.25, -0.2) is 4.79 Å². The maximum absolute atomic E-state index is 12.8. The fourth-order valence-corrected chi connectivity index (χ4v) is 4.61. The lowest BCUT2D eigenvalue weighted by atomic mass is 9.76. The molecule has 34 heavy (non-hydrogen) atoms. The number of carbonyl (C=O) groups is 1. The predicted octanol–water partition coefficient (Wildman–Crippen LogP) is 4.89. The Bertz CT molecular complexity index is 1170. The molecule has 0 unspecified atom stereocenters. The molecule has 0 saturated heterocycles. The quantitative estimate of drug-likeness (QED) is 0.481. The molecule has 4 rings (SSSR count). The van der Waals surface area contributed by atoms with Crippen LogP contribution in [0.25, 0.3) is 11.1 Å². The Morgan fingerprint density at radius 3 is 2.47 bits per heavy atom. The van der Waals surface area contributed by atoms with Crippen LogP contribution in [0.3, 0.4) is 0 Å². The molecule has 0 aromatic heterocycles. The van der Waals surface area contributed by atoms with Crippen LogP contribution in [0.5, 0.6) is 34.5 Å². The number of hydrogen-bond acceptors (Lipinski definition) is 8. The van der Waals surface area contributed by atoms with Crippen molar-refractivity contribution in [3.63, 3.8) is 0 Å². The second-order valence-corrected chi connectivity index (χ2v) is 8.76. The summed E-state index contributed by atoms with van der Waals surface area (Å²) in [4.78, 5) is 12.8. The molecule has 0 radical (unpaired) electrons. The number of allylic oxidation sites excluding steroid dienone is 1. The number of hydrogen-bond donors (Lipinski definition) is 2. The second-order valence-electron chi connectivity index (χ2n) is 8.76. The van der Waals surface area contributed by atoms with E-state index < -0.39 is 12.1 Å². The van der Waals surface area contributed by atoms with E-state index in [9.17, 15) is 15.0 Å². The van der Waals surface area contributed by atoms with Crippen molar-refractivity contribution in [1.82, 2.24) is 0 Å². The van der Waals surface area contributed by atoms with Crippen molar-refractivity contribution >= 4 is 5.97 Å². The minimum atomic E-state index is -0.714. The number of ether oxygens (including phenoxy) is 5. The number of methoxy groups -OCH3 is 2. The highest BCUT2D eigenvalue weighted by atomic mass is 16.7. The highest BCUT2D eigenvalue weighted by Crippen LogP contribution is 2.58. The summed E-state index contributed by atoms with van der Waals surface area (Å²) >= 11 is 0. The molecule has 8 heteroatoms. The lowest BCUT2D eigenvalue weighted by molar-refractivity contribution is -0.148. The molecule has 1 aliphatic carbocycles.